The van der Waals surface area contributed by atoms with Gasteiger partial charge >= 0.3 is 0 Å². The molecule has 0 saturated carbocycles. The van der Waals surface area contributed by atoms with Crippen molar-refractivity contribution in [1.29, 1.82) is 0 Å². The fraction of sp³-hybridized carbons (Fsp3) is 0.259. The van der Waals surface area contributed by atoms with Gasteiger partial charge in [0.25, 0.3) is 0 Å². The summed E-state index contributed by atoms with van der Waals surface area (Å²) < 4.78 is 0. The molecule has 278 valence electrons. The zero-order chi connectivity index (χ0) is 39.0. The Morgan fingerprint density at radius 2 is 0.691 bits per heavy atom. The van der Waals surface area contributed by atoms with Crippen LogP contribution in [0.15, 0.2) is 149 Å². The van der Waals surface area contributed by atoms with Gasteiger partial charge in [0.2, 0.25) is 0 Å². The molecular formula is C54H58Si. The van der Waals surface area contributed by atoms with Gasteiger partial charge in [-0.15, -0.1) is 0 Å². The number of rotatable bonds is 10. The van der Waals surface area contributed by atoms with Crippen molar-refractivity contribution < 1.29 is 0 Å². The topological polar surface area (TPSA) is 0 Å². The molecular weight excluding hydrogens is 677 g/mol. The molecule has 0 aromatic heterocycles. The fourth-order valence-electron chi connectivity index (χ4n) is 9.76. The first kappa shape index (κ1) is 38.3. The highest BCUT2D eigenvalue weighted by Gasteiger charge is 2.50. The normalized spacial score (nSPS) is 14.6. The van der Waals surface area contributed by atoms with E-state index >= 15 is 0 Å². The van der Waals surface area contributed by atoms with E-state index in [1.807, 2.05) is 0 Å². The number of hydrogen-bond donors (Lipinski definition) is 0. The van der Waals surface area contributed by atoms with Gasteiger partial charge in [0.1, 0.15) is 0 Å². The zero-order valence-electron chi connectivity index (χ0n) is 34.8. The van der Waals surface area contributed by atoms with Crippen LogP contribution in [-0.2, 0) is 19.3 Å². The van der Waals surface area contributed by atoms with Crippen LogP contribution >= 0.6 is 0 Å². The van der Waals surface area contributed by atoms with Crippen LogP contribution < -0.4 is 15.6 Å². The van der Waals surface area contributed by atoms with E-state index in [9.17, 15) is 0 Å². The van der Waals surface area contributed by atoms with Gasteiger partial charge in [0.05, 0.1) is 0 Å². The number of allylic oxidation sites excluding steroid dienone is 4. The van der Waals surface area contributed by atoms with Crippen molar-refractivity contribution in [2.24, 2.45) is 5.92 Å². The van der Waals surface area contributed by atoms with Crippen molar-refractivity contribution in [1.82, 2.24) is 0 Å². The molecule has 7 rings (SSSR count). The lowest BCUT2D eigenvalue weighted by Crippen LogP contribution is -2.71. The molecule has 1 unspecified atom stereocenters. The van der Waals surface area contributed by atoms with Crippen LogP contribution in [0.3, 0.4) is 0 Å². The molecule has 1 aliphatic rings. The Bertz CT molecular complexity index is 2190. The van der Waals surface area contributed by atoms with E-state index in [0.717, 1.165) is 19.3 Å². The Hall–Kier alpha value is -4.98. The molecule has 1 heteroatoms. The average molecular weight is 735 g/mol. The molecule has 1 atom stereocenters. The van der Waals surface area contributed by atoms with Gasteiger partial charge in [0, 0.05) is 0 Å². The van der Waals surface area contributed by atoms with Crippen LogP contribution in [0, 0.1) is 47.5 Å². The van der Waals surface area contributed by atoms with Gasteiger partial charge in [-0.25, -0.2) is 0 Å². The number of benzene rings is 6. The van der Waals surface area contributed by atoms with Gasteiger partial charge in [0.15, 0.2) is 8.07 Å². The Labute approximate surface area is 332 Å². The van der Waals surface area contributed by atoms with Crippen molar-refractivity contribution in [3.8, 4) is 0 Å². The molecule has 0 N–H and O–H groups in total. The molecule has 0 heterocycles. The third-order valence-corrected chi connectivity index (χ3v) is 18.7. The summed E-state index contributed by atoms with van der Waals surface area (Å²) in [5.41, 5.74) is 21.2. The lowest BCUT2D eigenvalue weighted by molar-refractivity contribution is 0.851. The van der Waals surface area contributed by atoms with E-state index in [4.69, 9.17) is 0 Å². The Balaban J connectivity index is 1.63. The van der Waals surface area contributed by atoms with Crippen molar-refractivity contribution in [3.05, 3.63) is 216 Å². The van der Waals surface area contributed by atoms with E-state index in [-0.39, 0.29) is 0 Å². The summed E-state index contributed by atoms with van der Waals surface area (Å²) in [7, 11) is -3.01. The minimum Gasteiger partial charge on any atom is -0.0636 e. The van der Waals surface area contributed by atoms with Gasteiger partial charge in [-0.2, -0.15) is 0 Å². The Morgan fingerprint density at radius 1 is 0.382 bits per heavy atom. The van der Waals surface area contributed by atoms with Crippen LogP contribution in [0.4, 0.5) is 0 Å². The van der Waals surface area contributed by atoms with Gasteiger partial charge in [-0.1, -0.05) is 167 Å². The quantitative estimate of drug-likeness (QED) is 0.0971. The van der Waals surface area contributed by atoms with Crippen molar-refractivity contribution in [2.75, 3.05) is 0 Å². The monoisotopic (exact) mass is 734 g/mol. The van der Waals surface area contributed by atoms with E-state index in [2.05, 4.69) is 197 Å². The maximum absolute atomic E-state index is 3.01. The summed E-state index contributed by atoms with van der Waals surface area (Å²) >= 11 is 0. The summed E-state index contributed by atoms with van der Waals surface area (Å²) in [6, 6.07) is 48.7. The maximum atomic E-state index is 2.67. The van der Waals surface area contributed by atoms with Gasteiger partial charge in [-0.3, -0.25) is 0 Å². The zero-order valence-corrected chi connectivity index (χ0v) is 35.8. The predicted octanol–water partition coefficient (Wildman–Crippen LogP) is 11.6. The number of hydrogen-bond acceptors (Lipinski definition) is 0. The van der Waals surface area contributed by atoms with Gasteiger partial charge in [-0.05, 0) is 159 Å². The van der Waals surface area contributed by atoms with Crippen LogP contribution in [0.25, 0.3) is 0 Å². The van der Waals surface area contributed by atoms with Crippen LogP contribution in [0.1, 0.15) is 94.5 Å². The largest absolute Gasteiger partial charge is 0.177 e. The van der Waals surface area contributed by atoms with E-state index in [1.165, 1.54) is 83.5 Å². The summed E-state index contributed by atoms with van der Waals surface area (Å²) in [6.45, 7) is 23.9. The lowest BCUT2D eigenvalue weighted by atomic mass is 9.98. The van der Waals surface area contributed by atoms with Crippen molar-refractivity contribution >= 4 is 23.6 Å². The second-order valence-electron chi connectivity index (χ2n) is 16.6. The summed E-state index contributed by atoms with van der Waals surface area (Å²) in [4.78, 5) is 0. The van der Waals surface area contributed by atoms with Crippen molar-refractivity contribution in [2.45, 2.75) is 88.5 Å². The molecule has 0 fully saturated rings. The predicted molar refractivity (Wildman–Crippen MR) is 240 cm³/mol. The molecule has 0 bridgehead atoms. The maximum Gasteiger partial charge on any atom is 0.177 e. The first-order chi connectivity index (χ1) is 26.4. The Morgan fingerprint density at radius 3 is 0.964 bits per heavy atom. The summed E-state index contributed by atoms with van der Waals surface area (Å²) in [5.74, 6) is 0.335. The van der Waals surface area contributed by atoms with E-state index in [1.54, 1.807) is 20.8 Å². The molecule has 0 radical (unpaired) electrons. The highest BCUT2D eigenvalue weighted by Crippen LogP contribution is 2.43. The average Bonchev–Trinajstić information content (AvgIpc) is 3.36. The van der Waals surface area contributed by atoms with Crippen LogP contribution in [-0.4, -0.2) is 8.07 Å². The molecule has 6 aromatic rings. The molecule has 1 aliphatic carbocycles. The third kappa shape index (κ3) is 7.16. The van der Waals surface area contributed by atoms with E-state index < -0.39 is 8.07 Å². The lowest BCUT2D eigenvalue weighted by Gasteiger charge is -2.42. The first-order valence-corrected chi connectivity index (χ1v) is 22.2. The van der Waals surface area contributed by atoms with E-state index in [0.29, 0.717) is 5.92 Å². The second kappa shape index (κ2) is 15.6. The van der Waals surface area contributed by atoms with Crippen LogP contribution in [0.5, 0.6) is 0 Å². The standard InChI is InChI=1S/C54H58Si/c1-35-26-38(4)51(32-48(35)29-45-20-14-11-15-21-45)55(54-43(9)41(7)42(8)44(54)10,52-33-49(36(2)27-39(52)5)30-46-22-16-12-17-23-46)53-34-50(37(3)28-40(53)6)31-47-24-18-13-19-25-47/h11-28,32-34,43H,29-31H2,1-10H3. The number of aryl methyl sites for hydroxylation is 6. The molecule has 0 saturated heterocycles. The van der Waals surface area contributed by atoms with Gasteiger partial charge < -0.3 is 0 Å². The highest BCUT2D eigenvalue weighted by molar-refractivity contribution is 7.17. The molecule has 0 spiro atoms. The molecule has 0 amide bonds. The third-order valence-electron chi connectivity index (χ3n) is 13.0. The van der Waals surface area contributed by atoms with Crippen molar-refractivity contribution in [3.63, 3.8) is 0 Å². The minimum atomic E-state index is -3.01. The second-order valence-corrected chi connectivity index (χ2v) is 20.2. The molecule has 6 aromatic carbocycles. The summed E-state index contributed by atoms with van der Waals surface area (Å²) in [5, 5.41) is 6.30. The molecule has 0 aliphatic heterocycles. The molecule has 0 nitrogen and oxygen atoms in total. The highest BCUT2D eigenvalue weighted by atomic mass is 28.3. The SMILES string of the molecule is CC1=C(C)C(C)C([Si](c2cc(Cc3ccccc3)c(C)cc2C)(c2cc(Cc3ccccc3)c(C)cc2C)c2cc(Cc3ccccc3)c(C)cc2C)=C1C. The fourth-order valence-corrected chi connectivity index (χ4v) is 16.3. The smallest absolute Gasteiger partial charge is 0.0636 e. The minimum absolute atomic E-state index is 0.335. The first-order valence-electron chi connectivity index (χ1n) is 20.2. The summed E-state index contributed by atoms with van der Waals surface area (Å²) in [6.07, 6.45) is 2.77. The Kier molecular flexibility index (Phi) is 10.9. The van der Waals surface area contributed by atoms with Crippen LogP contribution in [0.2, 0.25) is 0 Å². The molecule has 55 heavy (non-hydrogen) atoms.